The number of anilines is 1. The highest BCUT2D eigenvalue weighted by Crippen LogP contribution is 2.47. The van der Waals surface area contributed by atoms with Gasteiger partial charge < -0.3 is 30.0 Å². The van der Waals surface area contributed by atoms with Crippen LogP contribution in [-0.4, -0.2) is 71.5 Å². The topological polar surface area (TPSA) is 131 Å². The molecule has 2 aliphatic rings. The fourth-order valence-electron chi connectivity index (χ4n) is 6.42. The summed E-state index contributed by atoms with van der Waals surface area (Å²) in [6, 6.07) is 15.3. The van der Waals surface area contributed by atoms with Gasteiger partial charge in [-0.25, -0.2) is 0 Å². The number of carbonyl (C=O) groups is 1. The molecule has 3 aromatic rings. The van der Waals surface area contributed by atoms with Crippen molar-refractivity contribution in [2.45, 2.75) is 75.5 Å². The van der Waals surface area contributed by atoms with Gasteiger partial charge in [0.2, 0.25) is 5.91 Å². The molecule has 0 bridgehead atoms. The molecule has 0 radical (unpaired) electrons. The predicted molar refractivity (Wildman–Crippen MR) is 163 cm³/mol. The number of ether oxygens (including phenoxy) is 2. The minimum Gasteiger partial charge on any atom is -0.490 e. The van der Waals surface area contributed by atoms with E-state index < -0.39 is 8.32 Å². The zero-order valence-electron chi connectivity index (χ0n) is 24.9. The van der Waals surface area contributed by atoms with Gasteiger partial charge in [-0.15, -0.1) is 5.10 Å². The molecule has 10 nitrogen and oxygen atoms in total. The summed E-state index contributed by atoms with van der Waals surface area (Å²) in [7, 11) is -1.01. The van der Waals surface area contributed by atoms with Crippen LogP contribution in [0.2, 0.25) is 18.6 Å². The van der Waals surface area contributed by atoms with E-state index in [2.05, 4.69) is 27.9 Å². The molecule has 1 amide bonds. The quantitative estimate of drug-likeness (QED) is 0.247. The lowest BCUT2D eigenvalue weighted by atomic mass is 9.86. The van der Waals surface area contributed by atoms with Gasteiger partial charge in [0.1, 0.15) is 11.9 Å². The first kappa shape index (κ1) is 30.4. The molecule has 3 heterocycles. The second-order valence-corrected chi connectivity index (χ2v) is 16.1. The van der Waals surface area contributed by atoms with E-state index in [1.165, 1.54) is 0 Å². The van der Waals surface area contributed by atoms with Crippen LogP contribution < -0.4 is 15.4 Å². The smallest absolute Gasteiger partial charge is 0.241 e. The first-order chi connectivity index (χ1) is 20.2. The van der Waals surface area contributed by atoms with Crippen molar-refractivity contribution in [3.05, 3.63) is 71.5 Å². The Balaban J connectivity index is 1.32. The third-order valence-electron chi connectivity index (χ3n) is 8.74. The van der Waals surface area contributed by atoms with Crippen molar-refractivity contribution >= 4 is 19.9 Å². The fourth-order valence-corrected chi connectivity index (χ4v) is 8.43. The second-order valence-electron chi connectivity index (χ2n) is 12.1. The summed E-state index contributed by atoms with van der Waals surface area (Å²) in [5.41, 5.74) is 3.20. The summed E-state index contributed by atoms with van der Waals surface area (Å²) in [4.78, 5) is 24.1. The van der Waals surface area contributed by atoms with Gasteiger partial charge in [0.05, 0.1) is 30.4 Å². The van der Waals surface area contributed by atoms with E-state index in [-0.39, 0.29) is 48.1 Å². The van der Waals surface area contributed by atoms with Gasteiger partial charge in [-0.2, -0.15) is 0 Å². The molecule has 4 N–H and O–H groups in total. The number of aliphatic hydroxyl groups excluding tert-OH is 1. The van der Waals surface area contributed by atoms with Gasteiger partial charge in [0.15, 0.2) is 8.32 Å². The van der Waals surface area contributed by atoms with E-state index in [0.717, 1.165) is 36.2 Å². The molecule has 42 heavy (non-hydrogen) atoms. The first-order valence-electron chi connectivity index (χ1n) is 14.9. The number of nitrogens with one attached hydrogen (secondary N) is 2. The van der Waals surface area contributed by atoms with Gasteiger partial charge in [-0.05, 0) is 62.7 Å². The number of fused-ring (bicyclic) bond motifs is 1. The van der Waals surface area contributed by atoms with Crippen molar-refractivity contribution in [2.75, 3.05) is 25.6 Å². The summed E-state index contributed by atoms with van der Waals surface area (Å²) in [5.74, 6) is 0.394. The molecule has 2 aliphatic heterocycles. The SMILES string of the molecule is CO[C@H]1c2cc(NC(=O)[C@H]3CCCN3)ccc2O[C@@H](C(CCn2cc(C(CO)c3ccccc3)nn2)[Si](C)(C)O)[C@@H]1C. The number of methoxy groups -OCH3 is 1. The number of carbonyl (C=O) groups excluding carboxylic acids is 1. The van der Waals surface area contributed by atoms with Crippen LogP contribution in [0.15, 0.2) is 54.7 Å². The highest BCUT2D eigenvalue weighted by Gasteiger charge is 2.46. The summed E-state index contributed by atoms with van der Waals surface area (Å²) in [6.07, 6.45) is 3.85. The Bertz CT molecular complexity index is 1340. The lowest BCUT2D eigenvalue weighted by Gasteiger charge is -2.43. The Morgan fingerprint density at radius 1 is 1.26 bits per heavy atom. The Labute approximate surface area is 248 Å². The zero-order chi connectivity index (χ0) is 29.9. The molecule has 0 spiro atoms. The third kappa shape index (κ3) is 6.60. The fraction of sp³-hybridized carbons (Fsp3) is 0.516. The van der Waals surface area contributed by atoms with Crippen LogP contribution in [0.5, 0.6) is 5.75 Å². The minimum absolute atomic E-state index is 0.0255. The van der Waals surface area contributed by atoms with E-state index in [1.807, 2.05) is 67.8 Å². The van der Waals surface area contributed by atoms with Crippen LogP contribution in [0.3, 0.4) is 0 Å². The number of aromatic nitrogens is 3. The molecule has 11 heteroatoms. The monoisotopic (exact) mass is 593 g/mol. The van der Waals surface area contributed by atoms with Gasteiger partial charge in [-0.1, -0.05) is 42.5 Å². The molecule has 1 saturated heterocycles. The first-order valence-corrected chi connectivity index (χ1v) is 17.9. The minimum atomic E-state index is -2.70. The Morgan fingerprint density at radius 3 is 2.71 bits per heavy atom. The second kappa shape index (κ2) is 13.0. The molecule has 5 rings (SSSR count). The number of rotatable bonds is 11. The number of aliphatic hydroxyl groups is 1. The van der Waals surface area contributed by atoms with Crippen molar-refractivity contribution in [1.82, 2.24) is 20.3 Å². The lowest BCUT2D eigenvalue weighted by molar-refractivity contribution is -0.117. The molecular formula is C31H43N5O5Si. The van der Waals surface area contributed by atoms with Crippen LogP contribution in [0, 0.1) is 5.92 Å². The maximum Gasteiger partial charge on any atom is 0.241 e. The number of hydrogen-bond acceptors (Lipinski definition) is 8. The molecule has 0 saturated carbocycles. The molecule has 1 fully saturated rings. The molecule has 2 aromatic carbocycles. The van der Waals surface area contributed by atoms with Crippen molar-refractivity contribution in [2.24, 2.45) is 5.92 Å². The van der Waals surface area contributed by atoms with Gasteiger partial charge >= 0.3 is 0 Å². The Hall–Kier alpha value is -3.09. The van der Waals surface area contributed by atoms with Crippen LogP contribution in [-0.2, 0) is 16.1 Å². The van der Waals surface area contributed by atoms with Crippen LogP contribution in [0.25, 0.3) is 0 Å². The standard InChI is InChI=1S/C31H43N5O5Si/c1-20-29(40-2)23-17-22(33-31(38)25-11-8-15-32-25)12-13-27(23)41-30(20)28(42(3,4)39)14-16-36-18-26(34-35-36)24(19-37)21-9-6-5-7-10-21/h5-7,9-10,12-13,17-18,20,24-25,28-30,32,37,39H,8,11,14-16,19H2,1-4H3,(H,33,38)/t20-,24?,25-,28?,29-,30-/m1/s1. The number of benzene rings is 2. The largest absolute Gasteiger partial charge is 0.490 e. The molecular weight excluding hydrogens is 550 g/mol. The van der Waals surface area contributed by atoms with E-state index in [4.69, 9.17) is 9.47 Å². The van der Waals surface area contributed by atoms with E-state index >= 15 is 0 Å². The number of nitrogens with zero attached hydrogens (tertiary/aromatic N) is 3. The summed E-state index contributed by atoms with van der Waals surface area (Å²) < 4.78 is 14.4. The number of hydrogen-bond donors (Lipinski definition) is 4. The van der Waals surface area contributed by atoms with Crippen LogP contribution >= 0.6 is 0 Å². The number of amides is 1. The van der Waals surface area contributed by atoms with E-state index in [9.17, 15) is 14.7 Å². The summed E-state index contributed by atoms with van der Waals surface area (Å²) in [6.45, 7) is 7.35. The highest BCUT2D eigenvalue weighted by atomic mass is 28.4. The summed E-state index contributed by atoms with van der Waals surface area (Å²) in [5, 5.41) is 25.0. The third-order valence-corrected chi connectivity index (χ3v) is 11.2. The summed E-state index contributed by atoms with van der Waals surface area (Å²) >= 11 is 0. The van der Waals surface area contributed by atoms with Crippen molar-refractivity contribution in [1.29, 1.82) is 0 Å². The maximum atomic E-state index is 12.7. The molecule has 0 aliphatic carbocycles. The predicted octanol–water partition coefficient (Wildman–Crippen LogP) is 3.84. The zero-order valence-corrected chi connectivity index (χ0v) is 25.9. The van der Waals surface area contributed by atoms with Crippen LogP contribution in [0.4, 0.5) is 5.69 Å². The van der Waals surface area contributed by atoms with Crippen molar-refractivity contribution < 1.29 is 24.2 Å². The van der Waals surface area contributed by atoms with Gasteiger partial charge in [0.25, 0.3) is 0 Å². The van der Waals surface area contributed by atoms with E-state index in [0.29, 0.717) is 24.4 Å². The Kier molecular flexibility index (Phi) is 9.43. The normalized spacial score (nSPS) is 23.6. The van der Waals surface area contributed by atoms with Crippen molar-refractivity contribution in [3.8, 4) is 5.75 Å². The molecule has 1 aromatic heterocycles. The average Bonchev–Trinajstić information content (AvgIpc) is 3.67. The molecule has 6 atom stereocenters. The van der Waals surface area contributed by atoms with Crippen molar-refractivity contribution in [3.63, 3.8) is 0 Å². The Morgan fingerprint density at radius 2 is 2.05 bits per heavy atom. The van der Waals surface area contributed by atoms with Gasteiger partial charge in [-0.3, -0.25) is 9.48 Å². The average molecular weight is 594 g/mol. The molecule has 2 unspecified atom stereocenters. The highest BCUT2D eigenvalue weighted by molar-refractivity contribution is 6.71. The maximum absolute atomic E-state index is 12.7. The van der Waals surface area contributed by atoms with Crippen LogP contribution in [0.1, 0.15) is 55.0 Å². The number of aryl methyl sites for hydroxylation is 1. The van der Waals surface area contributed by atoms with E-state index in [1.54, 1.807) is 11.8 Å². The molecule has 226 valence electrons. The van der Waals surface area contributed by atoms with Gasteiger partial charge in [0, 0.05) is 42.6 Å². The lowest BCUT2D eigenvalue weighted by Crippen LogP contribution is -2.48.